The number of nitrogens with two attached hydrogens (primary N) is 2. The van der Waals surface area contributed by atoms with E-state index in [2.05, 4.69) is 27.6 Å². The Morgan fingerprint density at radius 1 is 1.18 bits per heavy atom. The van der Waals surface area contributed by atoms with Gasteiger partial charge in [0, 0.05) is 11.6 Å². The van der Waals surface area contributed by atoms with Crippen molar-refractivity contribution in [1.29, 1.82) is 0 Å². The van der Waals surface area contributed by atoms with Gasteiger partial charge in [-0.2, -0.15) is 9.97 Å². The fraction of sp³-hybridized carbons (Fsp3) is 0.636. The topological polar surface area (TPSA) is 102 Å². The highest BCUT2D eigenvalue weighted by Crippen LogP contribution is 2.31. The zero-order valence-electron chi connectivity index (χ0n) is 10.2. The van der Waals surface area contributed by atoms with Crippen LogP contribution in [-0.4, -0.2) is 15.5 Å². The Morgan fingerprint density at radius 2 is 1.82 bits per heavy atom. The standard InChI is InChI=1S/C11H20N6/c1-11(5-3-2-4-6-11)16-8-7-9(17-13)15-10(12)14-8/h7H,2-6,13H2,1H3,(H4,12,14,15,16,17). The SMILES string of the molecule is CC1(Nc2cc(NN)nc(N)n2)CCCCC1. The average Bonchev–Trinajstić information content (AvgIpc) is 2.28. The number of hydrogen-bond acceptors (Lipinski definition) is 6. The molecule has 1 aliphatic carbocycles. The molecule has 6 nitrogen and oxygen atoms in total. The highest BCUT2D eigenvalue weighted by molar-refractivity contribution is 5.51. The number of nitrogens with one attached hydrogen (secondary N) is 2. The fourth-order valence-electron chi connectivity index (χ4n) is 2.37. The van der Waals surface area contributed by atoms with E-state index >= 15 is 0 Å². The van der Waals surface area contributed by atoms with Gasteiger partial charge in [-0.05, 0) is 19.8 Å². The van der Waals surface area contributed by atoms with E-state index in [0.717, 1.165) is 18.7 Å². The predicted octanol–water partition coefficient (Wildman–Crippen LogP) is 1.48. The molecule has 6 N–H and O–H groups in total. The summed E-state index contributed by atoms with van der Waals surface area (Å²) in [6, 6.07) is 1.77. The molecule has 1 aromatic rings. The van der Waals surface area contributed by atoms with Crippen LogP contribution < -0.4 is 22.3 Å². The maximum absolute atomic E-state index is 5.63. The highest BCUT2D eigenvalue weighted by Gasteiger charge is 2.26. The van der Waals surface area contributed by atoms with Crippen molar-refractivity contribution < 1.29 is 0 Å². The van der Waals surface area contributed by atoms with Crippen molar-refractivity contribution >= 4 is 17.6 Å². The predicted molar refractivity (Wildman–Crippen MR) is 69.4 cm³/mol. The number of nitrogens with zero attached hydrogens (tertiary/aromatic N) is 2. The molecule has 1 fully saturated rings. The lowest BCUT2D eigenvalue weighted by atomic mass is 9.83. The van der Waals surface area contributed by atoms with Crippen LogP contribution in [0.15, 0.2) is 6.07 Å². The number of hydrazine groups is 1. The normalized spacial score (nSPS) is 18.7. The summed E-state index contributed by atoms with van der Waals surface area (Å²) in [5, 5.41) is 3.45. The minimum atomic E-state index is 0.102. The maximum atomic E-state index is 5.63. The summed E-state index contributed by atoms with van der Waals surface area (Å²) >= 11 is 0. The molecule has 0 radical (unpaired) electrons. The number of nitrogen functional groups attached to an aromatic ring is 2. The molecule has 1 heterocycles. The summed E-state index contributed by atoms with van der Waals surface area (Å²) in [5.74, 6) is 6.81. The zero-order chi connectivity index (χ0) is 12.3. The van der Waals surface area contributed by atoms with Crippen LogP contribution in [0, 0.1) is 0 Å². The Bertz CT molecular complexity index is 386. The molecule has 0 unspecified atom stereocenters. The molecule has 0 aliphatic heterocycles. The van der Waals surface area contributed by atoms with Gasteiger partial charge in [-0.3, -0.25) is 0 Å². The van der Waals surface area contributed by atoms with Crippen molar-refractivity contribution in [3.8, 4) is 0 Å². The summed E-state index contributed by atoms with van der Waals surface area (Å²) < 4.78 is 0. The lowest BCUT2D eigenvalue weighted by molar-refractivity contribution is 0.348. The van der Waals surface area contributed by atoms with Gasteiger partial charge in [0.05, 0.1) is 0 Å². The fourth-order valence-corrected chi connectivity index (χ4v) is 2.37. The number of rotatable bonds is 3. The third-order valence-corrected chi connectivity index (χ3v) is 3.28. The second-order valence-corrected chi connectivity index (χ2v) is 4.89. The van der Waals surface area contributed by atoms with Crippen molar-refractivity contribution in [3.05, 3.63) is 6.07 Å². The van der Waals surface area contributed by atoms with E-state index in [4.69, 9.17) is 11.6 Å². The minimum Gasteiger partial charge on any atom is -0.368 e. The monoisotopic (exact) mass is 236 g/mol. The molecule has 94 valence electrons. The Kier molecular flexibility index (Phi) is 3.33. The molecule has 0 aromatic carbocycles. The average molecular weight is 236 g/mol. The Hall–Kier alpha value is -1.56. The van der Waals surface area contributed by atoms with Gasteiger partial charge in [0.15, 0.2) is 0 Å². The molecule has 17 heavy (non-hydrogen) atoms. The van der Waals surface area contributed by atoms with E-state index in [1.165, 1.54) is 19.3 Å². The van der Waals surface area contributed by atoms with Gasteiger partial charge in [-0.25, -0.2) is 5.84 Å². The first-order chi connectivity index (χ1) is 8.11. The van der Waals surface area contributed by atoms with Gasteiger partial charge in [-0.15, -0.1) is 0 Å². The van der Waals surface area contributed by atoms with Crippen molar-refractivity contribution in [2.75, 3.05) is 16.5 Å². The molecule has 0 amide bonds. The van der Waals surface area contributed by atoms with Gasteiger partial charge >= 0.3 is 0 Å². The number of hydrogen-bond donors (Lipinski definition) is 4. The van der Waals surface area contributed by atoms with E-state index < -0.39 is 0 Å². The van der Waals surface area contributed by atoms with E-state index in [1.807, 2.05) is 0 Å². The van der Waals surface area contributed by atoms with Gasteiger partial charge in [0.25, 0.3) is 0 Å². The van der Waals surface area contributed by atoms with Crippen LogP contribution in [-0.2, 0) is 0 Å². The van der Waals surface area contributed by atoms with Crippen LogP contribution in [0.5, 0.6) is 0 Å². The quantitative estimate of drug-likeness (QED) is 0.468. The molecule has 0 saturated heterocycles. The summed E-state index contributed by atoms with van der Waals surface area (Å²) in [5.41, 5.74) is 8.21. The molecule has 2 rings (SSSR count). The van der Waals surface area contributed by atoms with E-state index in [0.29, 0.717) is 5.82 Å². The Morgan fingerprint density at radius 3 is 2.47 bits per heavy atom. The van der Waals surface area contributed by atoms with Crippen molar-refractivity contribution in [2.45, 2.75) is 44.6 Å². The molecule has 0 spiro atoms. The highest BCUT2D eigenvalue weighted by atomic mass is 15.3. The first kappa shape index (κ1) is 11.9. The molecule has 1 aliphatic rings. The smallest absolute Gasteiger partial charge is 0.223 e. The summed E-state index contributed by atoms with van der Waals surface area (Å²) in [6.07, 6.45) is 6.14. The largest absolute Gasteiger partial charge is 0.368 e. The van der Waals surface area contributed by atoms with E-state index in [-0.39, 0.29) is 11.5 Å². The second kappa shape index (κ2) is 4.75. The first-order valence-electron chi connectivity index (χ1n) is 6.01. The van der Waals surface area contributed by atoms with Gasteiger partial charge in [0.1, 0.15) is 11.6 Å². The first-order valence-corrected chi connectivity index (χ1v) is 6.01. The van der Waals surface area contributed by atoms with Gasteiger partial charge < -0.3 is 16.5 Å². The maximum Gasteiger partial charge on any atom is 0.223 e. The van der Waals surface area contributed by atoms with Crippen LogP contribution in [0.2, 0.25) is 0 Å². The second-order valence-electron chi connectivity index (χ2n) is 4.89. The molecular weight excluding hydrogens is 216 g/mol. The third-order valence-electron chi connectivity index (χ3n) is 3.28. The third kappa shape index (κ3) is 2.97. The van der Waals surface area contributed by atoms with Crippen LogP contribution in [0.3, 0.4) is 0 Å². The van der Waals surface area contributed by atoms with E-state index in [1.54, 1.807) is 6.07 Å². The van der Waals surface area contributed by atoms with Crippen LogP contribution in [0.4, 0.5) is 17.6 Å². The molecular formula is C11H20N6. The van der Waals surface area contributed by atoms with E-state index in [9.17, 15) is 0 Å². The van der Waals surface area contributed by atoms with Gasteiger partial charge in [-0.1, -0.05) is 19.3 Å². The number of anilines is 3. The molecule has 0 atom stereocenters. The molecule has 0 bridgehead atoms. The molecule has 6 heteroatoms. The lowest BCUT2D eigenvalue weighted by Crippen LogP contribution is -2.37. The zero-order valence-corrected chi connectivity index (χ0v) is 10.2. The van der Waals surface area contributed by atoms with Crippen LogP contribution >= 0.6 is 0 Å². The van der Waals surface area contributed by atoms with Crippen molar-refractivity contribution in [3.63, 3.8) is 0 Å². The molecule has 1 aromatic heterocycles. The number of aromatic nitrogens is 2. The minimum absolute atomic E-state index is 0.102. The van der Waals surface area contributed by atoms with Gasteiger partial charge in [0.2, 0.25) is 5.95 Å². The Labute approximate surface area is 101 Å². The van der Waals surface area contributed by atoms with Crippen molar-refractivity contribution in [1.82, 2.24) is 9.97 Å². The van der Waals surface area contributed by atoms with Crippen LogP contribution in [0.1, 0.15) is 39.0 Å². The summed E-state index contributed by atoms with van der Waals surface area (Å²) in [6.45, 7) is 2.22. The molecule has 1 saturated carbocycles. The summed E-state index contributed by atoms with van der Waals surface area (Å²) in [7, 11) is 0. The Balaban J connectivity index is 2.14. The van der Waals surface area contributed by atoms with Crippen LogP contribution in [0.25, 0.3) is 0 Å². The lowest BCUT2D eigenvalue weighted by Gasteiger charge is -2.35. The summed E-state index contributed by atoms with van der Waals surface area (Å²) in [4.78, 5) is 8.14. The van der Waals surface area contributed by atoms with Crippen molar-refractivity contribution in [2.24, 2.45) is 5.84 Å².